The van der Waals surface area contributed by atoms with Crippen molar-refractivity contribution >= 4 is 11.8 Å². The summed E-state index contributed by atoms with van der Waals surface area (Å²) in [6.45, 7) is 3.66. The highest BCUT2D eigenvalue weighted by molar-refractivity contribution is 7.98. The third kappa shape index (κ3) is 7.48. The van der Waals surface area contributed by atoms with Gasteiger partial charge in [-0.25, -0.2) is 0 Å². The molecule has 6 nitrogen and oxygen atoms in total. The minimum absolute atomic E-state index is 0.568. The molecule has 3 aromatic rings. The van der Waals surface area contributed by atoms with Crippen LogP contribution in [0.1, 0.15) is 11.5 Å². The van der Waals surface area contributed by atoms with Crippen molar-refractivity contribution in [2.24, 2.45) is 0 Å². The third-order valence-electron chi connectivity index (χ3n) is 4.51. The van der Waals surface area contributed by atoms with Crippen molar-refractivity contribution in [1.82, 2.24) is 20.0 Å². The summed E-state index contributed by atoms with van der Waals surface area (Å²) in [5.74, 6) is 3.65. The van der Waals surface area contributed by atoms with Crippen LogP contribution >= 0.6 is 11.8 Å². The van der Waals surface area contributed by atoms with E-state index in [4.69, 9.17) is 9.15 Å². The number of rotatable bonds is 12. The fourth-order valence-electron chi connectivity index (χ4n) is 2.84. The van der Waals surface area contributed by atoms with Crippen LogP contribution in [0.3, 0.4) is 0 Å². The number of para-hydroxylation sites is 1. The van der Waals surface area contributed by atoms with Gasteiger partial charge in [0.05, 0.1) is 12.4 Å². The molecule has 0 spiro atoms. The molecule has 0 aliphatic rings. The van der Waals surface area contributed by atoms with Crippen molar-refractivity contribution in [3.63, 3.8) is 0 Å². The Balaban J connectivity index is 1.41. The van der Waals surface area contributed by atoms with Gasteiger partial charge in [0.2, 0.25) is 11.8 Å². The fraction of sp³-hybridized carbons (Fsp3) is 0.391. The van der Waals surface area contributed by atoms with Gasteiger partial charge in [0.25, 0.3) is 0 Å². The summed E-state index contributed by atoms with van der Waals surface area (Å²) in [4.78, 5) is 4.51. The predicted molar refractivity (Wildman–Crippen MR) is 123 cm³/mol. The van der Waals surface area contributed by atoms with Gasteiger partial charge in [0.1, 0.15) is 5.75 Å². The van der Waals surface area contributed by atoms with Gasteiger partial charge >= 0.3 is 0 Å². The maximum absolute atomic E-state index is 5.82. The van der Waals surface area contributed by atoms with E-state index < -0.39 is 0 Å². The van der Waals surface area contributed by atoms with Gasteiger partial charge in [-0.15, -0.1) is 22.0 Å². The van der Waals surface area contributed by atoms with E-state index in [1.165, 1.54) is 5.56 Å². The van der Waals surface area contributed by atoms with Gasteiger partial charge in [-0.3, -0.25) is 0 Å². The van der Waals surface area contributed by atoms with Crippen molar-refractivity contribution < 1.29 is 9.15 Å². The molecule has 3 rings (SSSR count). The monoisotopic (exact) mass is 426 g/mol. The van der Waals surface area contributed by atoms with Crippen LogP contribution in [0.15, 0.2) is 59.0 Å². The molecule has 0 fully saturated rings. The summed E-state index contributed by atoms with van der Waals surface area (Å²) in [6.07, 6.45) is 0. The maximum Gasteiger partial charge on any atom is 0.247 e. The molecule has 160 valence electrons. The van der Waals surface area contributed by atoms with Crippen LogP contribution in [0.2, 0.25) is 0 Å². The lowest BCUT2D eigenvalue weighted by Gasteiger charge is -2.19. The van der Waals surface area contributed by atoms with E-state index in [-0.39, 0.29) is 0 Å². The molecule has 0 saturated heterocycles. The molecule has 1 heterocycles. The highest BCUT2D eigenvalue weighted by Gasteiger charge is 2.09. The number of aromatic nitrogens is 2. The van der Waals surface area contributed by atoms with E-state index in [1.807, 2.05) is 42.5 Å². The molecular formula is C23H30N4O2S. The highest BCUT2D eigenvalue weighted by Crippen LogP contribution is 2.21. The predicted octanol–water partition coefficient (Wildman–Crippen LogP) is 4.04. The molecule has 0 unspecified atom stereocenters. The number of hydrogen-bond donors (Lipinski definition) is 0. The fourth-order valence-corrected chi connectivity index (χ4v) is 3.47. The zero-order valence-corrected chi connectivity index (χ0v) is 18.8. The third-order valence-corrected chi connectivity index (χ3v) is 5.42. The smallest absolute Gasteiger partial charge is 0.247 e. The maximum atomic E-state index is 5.82. The highest BCUT2D eigenvalue weighted by atomic mass is 32.2. The van der Waals surface area contributed by atoms with Crippen molar-refractivity contribution in [3.05, 3.63) is 66.1 Å². The Labute approximate surface area is 183 Å². The molecule has 0 aliphatic heterocycles. The van der Waals surface area contributed by atoms with E-state index in [2.05, 4.69) is 53.3 Å². The molecule has 0 N–H and O–H groups in total. The van der Waals surface area contributed by atoms with Crippen molar-refractivity contribution in [3.8, 4) is 17.2 Å². The van der Waals surface area contributed by atoms with Gasteiger partial charge in [0, 0.05) is 31.0 Å². The number of likely N-dealkylation sites (N-methyl/N-ethyl adjacent to an activating group) is 2. The Morgan fingerprint density at radius 2 is 1.70 bits per heavy atom. The minimum Gasteiger partial charge on any atom is -0.493 e. The zero-order valence-electron chi connectivity index (χ0n) is 18.0. The standard InChI is InChI=1S/C23H30N4O2S/c1-26(2)13-14-27(3)17-19-9-11-20(12-10-19)23-25-24-22(29-23)18-30-16-15-28-21-7-5-4-6-8-21/h4-12H,13-18H2,1-3H3. The van der Waals surface area contributed by atoms with Gasteiger partial charge in [0.15, 0.2) is 0 Å². The normalized spacial score (nSPS) is 11.4. The molecule has 1 aromatic heterocycles. The lowest BCUT2D eigenvalue weighted by Crippen LogP contribution is -2.28. The number of thioether (sulfide) groups is 1. The summed E-state index contributed by atoms with van der Waals surface area (Å²) in [7, 11) is 6.33. The Kier molecular flexibility index (Phi) is 8.74. The van der Waals surface area contributed by atoms with E-state index in [0.717, 1.165) is 36.7 Å². The Morgan fingerprint density at radius 1 is 0.933 bits per heavy atom. The second-order valence-electron chi connectivity index (χ2n) is 7.45. The van der Waals surface area contributed by atoms with Crippen LogP contribution in [0.25, 0.3) is 11.5 Å². The largest absolute Gasteiger partial charge is 0.493 e. The zero-order chi connectivity index (χ0) is 21.2. The van der Waals surface area contributed by atoms with Crippen LogP contribution in [-0.4, -0.2) is 66.6 Å². The van der Waals surface area contributed by atoms with Crippen LogP contribution < -0.4 is 4.74 Å². The topological polar surface area (TPSA) is 54.6 Å². The first kappa shape index (κ1) is 22.3. The van der Waals surface area contributed by atoms with E-state index in [1.54, 1.807) is 11.8 Å². The molecule has 0 radical (unpaired) electrons. The number of ether oxygens (including phenoxy) is 1. The molecule has 0 atom stereocenters. The minimum atomic E-state index is 0.568. The average molecular weight is 427 g/mol. The van der Waals surface area contributed by atoms with Gasteiger partial charge < -0.3 is 19.0 Å². The van der Waals surface area contributed by atoms with Crippen LogP contribution in [0, 0.1) is 0 Å². The molecule has 0 saturated carbocycles. The van der Waals surface area contributed by atoms with Gasteiger partial charge in [-0.1, -0.05) is 30.3 Å². The summed E-state index contributed by atoms with van der Waals surface area (Å²) in [5.41, 5.74) is 2.22. The Bertz CT molecular complexity index is 868. The first-order chi connectivity index (χ1) is 14.6. The van der Waals surface area contributed by atoms with E-state index >= 15 is 0 Å². The molecule has 0 amide bonds. The molecule has 0 aliphatic carbocycles. The Hall–Kier alpha value is -2.35. The summed E-state index contributed by atoms with van der Waals surface area (Å²) in [5, 5.41) is 8.36. The number of benzene rings is 2. The lowest BCUT2D eigenvalue weighted by molar-refractivity contribution is 0.276. The SMILES string of the molecule is CN(C)CCN(C)Cc1ccc(-c2nnc(CSCCOc3ccccc3)o2)cc1. The molecule has 0 bridgehead atoms. The van der Waals surface area contributed by atoms with Crippen molar-refractivity contribution in [2.45, 2.75) is 12.3 Å². The van der Waals surface area contributed by atoms with E-state index in [0.29, 0.717) is 24.1 Å². The second-order valence-corrected chi connectivity index (χ2v) is 8.56. The van der Waals surface area contributed by atoms with Gasteiger partial charge in [-0.05, 0) is 51.0 Å². The van der Waals surface area contributed by atoms with Crippen LogP contribution in [0.4, 0.5) is 0 Å². The molecular weight excluding hydrogens is 396 g/mol. The van der Waals surface area contributed by atoms with E-state index in [9.17, 15) is 0 Å². The van der Waals surface area contributed by atoms with Crippen molar-refractivity contribution in [1.29, 1.82) is 0 Å². The summed E-state index contributed by atoms with van der Waals surface area (Å²) >= 11 is 1.72. The summed E-state index contributed by atoms with van der Waals surface area (Å²) in [6, 6.07) is 18.2. The average Bonchev–Trinajstić information content (AvgIpc) is 3.22. The molecule has 30 heavy (non-hydrogen) atoms. The number of hydrogen-bond acceptors (Lipinski definition) is 7. The van der Waals surface area contributed by atoms with Crippen LogP contribution in [0.5, 0.6) is 5.75 Å². The second kappa shape index (κ2) is 11.7. The Morgan fingerprint density at radius 3 is 2.43 bits per heavy atom. The summed E-state index contributed by atoms with van der Waals surface area (Å²) < 4.78 is 11.5. The molecule has 2 aromatic carbocycles. The van der Waals surface area contributed by atoms with Crippen LogP contribution in [-0.2, 0) is 12.3 Å². The molecule has 7 heteroatoms. The lowest BCUT2D eigenvalue weighted by atomic mass is 10.1. The quantitative estimate of drug-likeness (QED) is 0.405. The van der Waals surface area contributed by atoms with Crippen molar-refractivity contribution in [2.75, 3.05) is 46.6 Å². The first-order valence-electron chi connectivity index (χ1n) is 10.1. The van der Waals surface area contributed by atoms with Gasteiger partial charge in [-0.2, -0.15) is 0 Å². The first-order valence-corrected chi connectivity index (χ1v) is 11.3. The number of nitrogens with zero attached hydrogens (tertiary/aromatic N) is 4.